The Labute approximate surface area is 197 Å². The van der Waals surface area contributed by atoms with E-state index in [0.29, 0.717) is 24.2 Å². The van der Waals surface area contributed by atoms with Crippen molar-refractivity contribution in [2.45, 2.75) is 44.6 Å². The maximum atomic E-state index is 5.59. The molecule has 4 aromatic rings. The topological polar surface area (TPSA) is 98.6 Å². The van der Waals surface area contributed by atoms with E-state index < -0.39 is 0 Å². The van der Waals surface area contributed by atoms with Gasteiger partial charge in [0, 0.05) is 36.1 Å². The second-order valence-electron chi connectivity index (χ2n) is 8.71. The van der Waals surface area contributed by atoms with Crippen LogP contribution in [0.15, 0.2) is 49.1 Å². The number of aromatic nitrogens is 6. The van der Waals surface area contributed by atoms with E-state index in [4.69, 9.17) is 14.7 Å². The Kier molecular flexibility index (Phi) is 5.33. The molecule has 0 spiro atoms. The number of anilines is 1. The molecule has 0 amide bonds. The van der Waals surface area contributed by atoms with Crippen molar-refractivity contribution in [3.8, 4) is 28.7 Å². The molecule has 8 heteroatoms. The van der Waals surface area contributed by atoms with Gasteiger partial charge in [-0.3, -0.25) is 9.97 Å². The Morgan fingerprint density at radius 3 is 2.65 bits per heavy atom. The van der Waals surface area contributed by atoms with Gasteiger partial charge in [-0.15, -0.1) is 0 Å². The van der Waals surface area contributed by atoms with Crippen LogP contribution >= 0.6 is 0 Å². The molecule has 0 aliphatic heterocycles. The van der Waals surface area contributed by atoms with E-state index in [1.54, 1.807) is 19.6 Å². The molecular weight excluding hydrogens is 426 g/mol. The van der Waals surface area contributed by atoms with Crippen molar-refractivity contribution in [1.29, 1.82) is 0 Å². The van der Waals surface area contributed by atoms with Crippen molar-refractivity contribution in [2.75, 3.05) is 12.4 Å². The summed E-state index contributed by atoms with van der Waals surface area (Å²) in [5.41, 5.74) is 6.92. The van der Waals surface area contributed by atoms with E-state index in [1.165, 1.54) is 5.56 Å². The lowest BCUT2D eigenvalue weighted by Gasteiger charge is -2.15. The van der Waals surface area contributed by atoms with Crippen molar-refractivity contribution >= 4 is 5.82 Å². The summed E-state index contributed by atoms with van der Waals surface area (Å²) in [5, 5.41) is 3.54. The van der Waals surface area contributed by atoms with Gasteiger partial charge in [0.2, 0.25) is 5.88 Å². The highest BCUT2D eigenvalue weighted by Crippen LogP contribution is 2.45. The predicted octanol–water partition coefficient (Wildman–Crippen LogP) is 4.38. The molecule has 0 saturated heterocycles. The Morgan fingerprint density at radius 2 is 1.88 bits per heavy atom. The van der Waals surface area contributed by atoms with Crippen molar-refractivity contribution < 1.29 is 4.74 Å². The van der Waals surface area contributed by atoms with Crippen LogP contribution in [0.3, 0.4) is 0 Å². The molecule has 170 valence electrons. The Balaban J connectivity index is 1.30. The second kappa shape index (κ2) is 8.78. The number of rotatable bonds is 7. The maximum Gasteiger partial charge on any atom is 0.227 e. The van der Waals surface area contributed by atoms with E-state index >= 15 is 0 Å². The van der Waals surface area contributed by atoms with Crippen LogP contribution in [0.25, 0.3) is 22.8 Å². The lowest BCUT2D eigenvalue weighted by molar-refractivity contribution is 0.397. The first-order valence-corrected chi connectivity index (χ1v) is 11.7. The summed E-state index contributed by atoms with van der Waals surface area (Å²) in [6.45, 7) is 0.621. The summed E-state index contributed by atoms with van der Waals surface area (Å²) in [6.07, 6.45) is 10.5. The SMILES string of the molecule is COc1ncnc(C2CC2)c1-c1nc2c(c(NCc3ccc(-c4ccccn4)nc3)n1)CCC2. The molecule has 1 N–H and O–H groups in total. The highest BCUT2D eigenvalue weighted by molar-refractivity contribution is 5.68. The Hall–Kier alpha value is -3.94. The fraction of sp³-hybridized carbons (Fsp3) is 0.308. The number of methoxy groups -OCH3 is 1. The summed E-state index contributed by atoms with van der Waals surface area (Å²) in [4.78, 5) is 27.8. The molecule has 0 unspecified atom stereocenters. The monoisotopic (exact) mass is 451 g/mol. The van der Waals surface area contributed by atoms with Crippen molar-refractivity contribution in [3.05, 3.63) is 71.6 Å². The lowest BCUT2D eigenvalue weighted by atomic mass is 10.1. The van der Waals surface area contributed by atoms with E-state index in [1.807, 2.05) is 30.5 Å². The molecule has 0 aromatic carbocycles. The van der Waals surface area contributed by atoms with E-state index in [9.17, 15) is 0 Å². The largest absolute Gasteiger partial charge is 0.480 e. The van der Waals surface area contributed by atoms with Gasteiger partial charge in [0.15, 0.2) is 5.82 Å². The minimum Gasteiger partial charge on any atom is -0.480 e. The minimum atomic E-state index is 0.434. The van der Waals surface area contributed by atoms with Crippen LogP contribution in [0.1, 0.15) is 47.7 Å². The number of nitrogens with zero attached hydrogens (tertiary/aromatic N) is 6. The number of fused-ring (bicyclic) bond motifs is 1. The highest BCUT2D eigenvalue weighted by atomic mass is 16.5. The summed E-state index contributed by atoms with van der Waals surface area (Å²) < 4.78 is 5.59. The first-order valence-electron chi connectivity index (χ1n) is 11.7. The van der Waals surface area contributed by atoms with Gasteiger partial charge in [-0.05, 0) is 55.9 Å². The van der Waals surface area contributed by atoms with Crippen LogP contribution in [-0.4, -0.2) is 37.0 Å². The van der Waals surface area contributed by atoms with Gasteiger partial charge in [0.1, 0.15) is 17.7 Å². The summed E-state index contributed by atoms with van der Waals surface area (Å²) in [5.74, 6) is 2.49. The van der Waals surface area contributed by atoms with Gasteiger partial charge in [-0.25, -0.2) is 19.9 Å². The van der Waals surface area contributed by atoms with Crippen LogP contribution in [0.5, 0.6) is 5.88 Å². The predicted molar refractivity (Wildman–Crippen MR) is 128 cm³/mol. The van der Waals surface area contributed by atoms with Gasteiger partial charge < -0.3 is 10.1 Å². The molecule has 0 radical (unpaired) electrons. The van der Waals surface area contributed by atoms with Gasteiger partial charge in [0.05, 0.1) is 24.2 Å². The maximum absolute atomic E-state index is 5.59. The zero-order chi connectivity index (χ0) is 22.9. The number of hydrogen-bond acceptors (Lipinski definition) is 8. The quantitative estimate of drug-likeness (QED) is 0.442. The molecule has 0 atom stereocenters. The molecule has 0 bridgehead atoms. The van der Waals surface area contributed by atoms with Crippen LogP contribution in [0, 0.1) is 0 Å². The normalized spacial score (nSPS) is 14.6. The molecule has 1 fully saturated rings. The van der Waals surface area contributed by atoms with Crippen LogP contribution in [0.4, 0.5) is 5.82 Å². The number of aryl methyl sites for hydroxylation is 1. The van der Waals surface area contributed by atoms with E-state index in [0.717, 1.165) is 71.8 Å². The summed E-state index contributed by atoms with van der Waals surface area (Å²) in [6, 6.07) is 9.91. The van der Waals surface area contributed by atoms with E-state index in [-0.39, 0.29) is 0 Å². The fourth-order valence-electron chi connectivity index (χ4n) is 4.48. The van der Waals surface area contributed by atoms with Crippen LogP contribution < -0.4 is 10.1 Å². The van der Waals surface area contributed by atoms with Crippen LogP contribution in [-0.2, 0) is 19.4 Å². The first-order chi connectivity index (χ1) is 16.8. The third-order valence-electron chi connectivity index (χ3n) is 6.37. The molecule has 8 nitrogen and oxygen atoms in total. The molecule has 1 saturated carbocycles. The molecular formula is C26H25N7O. The minimum absolute atomic E-state index is 0.434. The first kappa shape index (κ1) is 20.7. The zero-order valence-corrected chi connectivity index (χ0v) is 19.0. The zero-order valence-electron chi connectivity index (χ0n) is 19.0. The van der Waals surface area contributed by atoms with Gasteiger partial charge in [-0.1, -0.05) is 12.1 Å². The third kappa shape index (κ3) is 3.96. The van der Waals surface area contributed by atoms with Crippen molar-refractivity contribution in [2.24, 2.45) is 0 Å². The number of ether oxygens (including phenoxy) is 1. The van der Waals surface area contributed by atoms with E-state index in [2.05, 4.69) is 31.3 Å². The molecule has 2 aliphatic carbocycles. The number of hydrogen-bond donors (Lipinski definition) is 1. The number of nitrogens with one attached hydrogen (secondary N) is 1. The average molecular weight is 452 g/mol. The highest BCUT2D eigenvalue weighted by Gasteiger charge is 2.32. The molecule has 4 heterocycles. The van der Waals surface area contributed by atoms with Crippen molar-refractivity contribution in [3.63, 3.8) is 0 Å². The standard InChI is InChI=1S/C26H25N7O/c1-34-26-22(23(17-9-10-17)30-15-31-26)25-32-19-7-4-5-18(19)24(33-25)29-14-16-8-11-21(28-13-16)20-6-2-3-12-27-20/h2-3,6,8,11-13,15,17H,4-5,7,9-10,14H2,1H3,(H,29,32,33). The fourth-order valence-corrected chi connectivity index (χ4v) is 4.48. The summed E-state index contributed by atoms with van der Waals surface area (Å²) >= 11 is 0. The Bertz CT molecular complexity index is 1320. The second-order valence-corrected chi connectivity index (χ2v) is 8.71. The van der Waals surface area contributed by atoms with Crippen LogP contribution in [0.2, 0.25) is 0 Å². The smallest absolute Gasteiger partial charge is 0.227 e. The van der Waals surface area contributed by atoms with Crippen molar-refractivity contribution in [1.82, 2.24) is 29.9 Å². The summed E-state index contributed by atoms with van der Waals surface area (Å²) in [7, 11) is 1.64. The van der Waals surface area contributed by atoms with Gasteiger partial charge in [-0.2, -0.15) is 0 Å². The molecule has 4 aromatic heterocycles. The Morgan fingerprint density at radius 1 is 0.971 bits per heavy atom. The van der Waals surface area contributed by atoms with Gasteiger partial charge in [0.25, 0.3) is 0 Å². The third-order valence-corrected chi connectivity index (χ3v) is 6.37. The average Bonchev–Trinajstić information content (AvgIpc) is 3.64. The molecule has 2 aliphatic rings. The number of pyridine rings is 2. The lowest BCUT2D eigenvalue weighted by Crippen LogP contribution is -2.09. The molecule has 34 heavy (non-hydrogen) atoms. The molecule has 6 rings (SSSR count). The van der Waals surface area contributed by atoms with Gasteiger partial charge >= 0.3 is 0 Å².